The van der Waals surface area contributed by atoms with Crippen LogP contribution in [0.25, 0.3) is 10.9 Å². The van der Waals surface area contributed by atoms with Gasteiger partial charge in [-0.05, 0) is 19.1 Å². The van der Waals surface area contributed by atoms with Gasteiger partial charge in [-0.15, -0.1) is 10.2 Å². The van der Waals surface area contributed by atoms with E-state index in [4.69, 9.17) is 0 Å². The molecule has 11 heteroatoms. The number of non-ortho nitro benzene ring substituents is 2. The minimum Gasteiger partial charge on any atom is -0.493 e. The third-order valence-electron chi connectivity index (χ3n) is 4.11. The summed E-state index contributed by atoms with van der Waals surface area (Å²) in [7, 11) is 1.61. The molecule has 1 aromatic heterocycles. The van der Waals surface area contributed by atoms with E-state index >= 15 is 0 Å². The monoisotopic (exact) mass is 383 g/mol. The molecule has 1 amide bonds. The van der Waals surface area contributed by atoms with Crippen molar-refractivity contribution in [3.8, 4) is 5.88 Å². The van der Waals surface area contributed by atoms with Gasteiger partial charge in [0.05, 0.1) is 27.0 Å². The second kappa shape index (κ2) is 6.87. The number of aryl methyl sites for hydroxylation is 2. The first-order valence-electron chi connectivity index (χ1n) is 7.87. The maximum Gasteiger partial charge on any atom is 0.295 e. The number of aromatic nitrogens is 1. The Kier molecular flexibility index (Phi) is 4.57. The fourth-order valence-electron chi connectivity index (χ4n) is 2.71. The molecule has 0 fully saturated rings. The van der Waals surface area contributed by atoms with Crippen LogP contribution in [0.1, 0.15) is 15.9 Å². The van der Waals surface area contributed by atoms with Crippen molar-refractivity contribution in [2.45, 2.75) is 6.92 Å². The summed E-state index contributed by atoms with van der Waals surface area (Å²) in [5.74, 6) is -1.24. The van der Waals surface area contributed by atoms with Gasteiger partial charge in [0.2, 0.25) is 5.88 Å². The summed E-state index contributed by atoms with van der Waals surface area (Å²) in [5, 5.41) is 40.0. The van der Waals surface area contributed by atoms with E-state index in [1.165, 1.54) is 4.57 Å². The van der Waals surface area contributed by atoms with E-state index in [1.54, 1.807) is 19.2 Å². The molecule has 1 N–H and O–H groups in total. The predicted octanol–water partition coefficient (Wildman–Crippen LogP) is 3.93. The predicted molar refractivity (Wildman–Crippen MR) is 97.9 cm³/mol. The van der Waals surface area contributed by atoms with Crippen LogP contribution in [0, 0.1) is 27.2 Å². The molecular weight excluding hydrogens is 370 g/mol. The number of nitro benzene ring substituents is 2. The summed E-state index contributed by atoms with van der Waals surface area (Å²) in [5.41, 5.74) is 0.0217. The molecule has 11 nitrogen and oxygen atoms in total. The number of amides is 1. The van der Waals surface area contributed by atoms with Crippen molar-refractivity contribution in [3.63, 3.8) is 0 Å². The third kappa shape index (κ3) is 3.28. The fraction of sp³-hybridized carbons (Fsp3) is 0.118. The van der Waals surface area contributed by atoms with E-state index in [-0.39, 0.29) is 17.1 Å². The zero-order valence-electron chi connectivity index (χ0n) is 14.7. The van der Waals surface area contributed by atoms with E-state index in [0.29, 0.717) is 10.9 Å². The summed E-state index contributed by atoms with van der Waals surface area (Å²) in [4.78, 5) is 32.5. The molecule has 3 aromatic rings. The Labute approximate surface area is 156 Å². The normalized spacial score (nSPS) is 11.2. The van der Waals surface area contributed by atoms with Crippen LogP contribution >= 0.6 is 0 Å². The molecule has 0 aliphatic rings. The quantitative estimate of drug-likeness (QED) is 0.409. The highest BCUT2D eigenvalue weighted by Gasteiger charge is 2.20. The molecule has 0 saturated carbocycles. The van der Waals surface area contributed by atoms with E-state index < -0.39 is 27.1 Å². The van der Waals surface area contributed by atoms with Crippen LogP contribution in [0.3, 0.4) is 0 Å². The Morgan fingerprint density at radius 3 is 2.25 bits per heavy atom. The van der Waals surface area contributed by atoms with Crippen LogP contribution in [0.5, 0.6) is 5.88 Å². The molecule has 0 radical (unpaired) electrons. The SMILES string of the molecule is Cc1ccc2c(c1)c(N=NC(=O)c1cc([N+](=O)[O-])cc([N+](=O)[O-])c1)c(O)n2C. The molecule has 3 rings (SSSR count). The van der Waals surface area contributed by atoms with E-state index in [1.807, 2.05) is 13.0 Å². The number of fused-ring (bicyclic) bond motifs is 1. The van der Waals surface area contributed by atoms with Crippen LogP contribution in [0.4, 0.5) is 17.1 Å². The standard InChI is InChI=1S/C17H13N5O6/c1-9-3-4-14-13(5-9)15(17(24)20(14)2)18-19-16(23)10-6-11(21(25)26)8-12(7-10)22(27)28/h3-8,24H,1-2H3. The van der Waals surface area contributed by atoms with Crippen LogP contribution in [0.2, 0.25) is 0 Å². The Morgan fingerprint density at radius 1 is 1.07 bits per heavy atom. The summed E-state index contributed by atoms with van der Waals surface area (Å²) >= 11 is 0. The number of carbonyl (C=O) groups is 1. The fourth-order valence-corrected chi connectivity index (χ4v) is 2.71. The van der Waals surface area contributed by atoms with Crippen molar-refractivity contribution in [1.29, 1.82) is 0 Å². The number of nitrogens with zero attached hydrogens (tertiary/aromatic N) is 5. The smallest absolute Gasteiger partial charge is 0.295 e. The first-order chi connectivity index (χ1) is 13.2. The van der Waals surface area contributed by atoms with Crippen molar-refractivity contribution in [2.75, 3.05) is 0 Å². The van der Waals surface area contributed by atoms with Crippen LogP contribution < -0.4 is 0 Å². The lowest BCUT2D eigenvalue weighted by Crippen LogP contribution is -1.99. The van der Waals surface area contributed by atoms with Gasteiger partial charge in [0.25, 0.3) is 17.3 Å². The number of carbonyl (C=O) groups excluding carboxylic acids is 1. The average molecular weight is 383 g/mol. The summed E-state index contributed by atoms with van der Waals surface area (Å²) in [6, 6.07) is 7.87. The maximum absolute atomic E-state index is 12.3. The third-order valence-corrected chi connectivity index (χ3v) is 4.11. The molecule has 0 atom stereocenters. The Balaban J connectivity index is 2.05. The number of hydrogen-bond acceptors (Lipinski definition) is 7. The van der Waals surface area contributed by atoms with Gasteiger partial charge in [0, 0.05) is 24.6 Å². The van der Waals surface area contributed by atoms with Gasteiger partial charge in [0.15, 0.2) is 5.69 Å². The minimum atomic E-state index is -1.02. The molecule has 0 bridgehead atoms. The second-order valence-corrected chi connectivity index (χ2v) is 6.01. The van der Waals surface area contributed by atoms with Gasteiger partial charge in [-0.3, -0.25) is 25.0 Å². The van der Waals surface area contributed by atoms with Crippen molar-refractivity contribution in [2.24, 2.45) is 17.3 Å². The summed E-state index contributed by atoms with van der Waals surface area (Å²) in [6.07, 6.45) is 0. The highest BCUT2D eigenvalue weighted by atomic mass is 16.6. The number of hydrogen-bond donors (Lipinski definition) is 1. The molecule has 0 saturated heterocycles. The van der Waals surface area contributed by atoms with Gasteiger partial charge in [-0.2, -0.15) is 0 Å². The molecule has 28 heavy (non-hydrogen) atoms. The van der Waals surface area contributed by atoms with Crippen LogP contribution in [0.15, 0.2) is 46.6 Å². The van der Waals surface area contributed by atoms with E-state index in [2.05, 4.69) is 10.2 Å². The zero-order chi connectivity index (χ0) is 20.6. The average Bonchev–Trinajstić information content (AvgIpc) is 2.89. The summed E-state index contributed by atoms with van der Waals surface area (Å²) < 4.78 is 1.46. The minimum absolute atomic E-state index is 0.0504. The summed E-state index contributed by atoms with van der Waals surface area (Å²) in [6.45, 7) is 1.85. The van der Waals surface area contributed by atoms with Gasteiger partial charge in [-0.25, -0.2) is 0 Å². The van der Waals surface area contributed by atoms with E-state index in [0.717, 1.165) is 23.8 Å². The topological polar surface area (TPSA) is 153 Å². The van der Waals surface area contributed by atoms with Crippen molar-refractivity contribution < 1.29 is 19.7 Å². The van der Waals surface area contributed by atoms with Crippen LogP contribution in [-0.2, 0) is 7.05 Å². The number of azo groups is 1. The van der Waals surface area contributed by atoms with Gasteiger partial charge in [-0.1, -0.05) is 11.6 Å². The van der Waals surface area contributed by atoms with Gasteiger partial charge < -0.3 is 9.67 Å². The lowest BCUT2D eigenvalue weighted by atomic mass is 10.1. The van der Waals surface area contributed by atoms with Gasteiger partial charge >= 0.3 is 0 Å². The number of nitro groups is 2. The number of benzene rings is 2. The van der Waals surface area contributed by atoms with Crippen molar-refractivity contribution >= 4 is 33.9 Å². The largest absolute Gasteiger partial charge is 0.493 e. The first kappa shape index (κ1) is 18.6. The highest BCUT2D eigenvalue weighted by molar-refractivity contribution is 5.98. The lowest BCUT2D eigenvalue weighted by molar-refractivity contribution is -0.394. The molecule has 1 heterocycles. The highest BCUT2D eigenvalue weighted by Crippen LogP contribution is 2.38. The molecular formula is C17H13N5O6. The Hall–Kier alpha value is -4.15. The van der Waals surface area contributed by atoms with Crippen LogP contribution in [-0.4, -0.2) is 25.4 Å². The Morgan fingerprint density at radius 2 is 1.68 bits per heavy atom. The number of rotatable bonds is 4. The van der Waals surface area contributed by atoms with Crippen molar-refractivity contribution in [1.82, 2.24) is 4.57 Å². The molecule has 0 aliphatic carbocycles. The molecule has 0 aliphatic heterocycles. The second-order valence-electron chi connectivity index (χ2n) is 6.01. The zero-order valence-corrected chi connectivity index (χ0v) is 14.7. The lowest BCUT2D eigenvalue weighted by Gasteiger charge is -1.98. The molecule has 0 unspecified atom stereocenters. The Bertz CT molecular complexity index is 1150. The van der Waals surface area contributed by atoms with E-state index in [9.17, 15) is 30.1 Å². The number of aromatic hydroxyl groups is 1. The maximum atomic E-state index is 12.3. The van der Waals surface area contributed by atoms with Gasteiger partial charge in [0.1, 0.15) is 0 Å². The molecule has 2 aromatic carbocycles. The molecule has 142 valence electrons. The van der Waals surface area contributed by atoms with Crippen molar-refractivity contribution in [3.05, 3.63) is 67.8 Å². The molecule has 0 spiro atoms. The first-order valence-corrected chi connectivity index (χ1v) is 7.87.